The maximum atomic E-state index is 9.13. The smallest absolute Gasteiger partial charge is 0.418 e. The molecule has 0 heterocycles. The fourth-order valence-corrected chi connectivity index (χ4v) is 0. The molecule has 0 saturated heterocycles. The van der Waals surface area contributed by atoms with E-state index in [-0.39, 0.29) is 19.5 Å². The van der Waals surface area contributed by atoms with Gasteiger partial charge in [0.2, 0.25) is 0 Å². The van der Waals surface area contributed by atoms with Gasteiger partial charge in [0.25, 0.3) is 0 Å². The summed E-state index contributed by atoms with van der Waals surface area (Å²) >= 11 is 0. The summed E-state index contributed by atoms with van der Waals surface area (Å²) in [7, 11) is 3.55. The zero-order chi connectivity index (χ0) is 7.70. The van der Waals surface area contributed by atoms with Crippen molar-refractivity contribution in [2.45, 2.75) is 0 Å². The van der Waals surface area contributed by atoms with Crippen LogP contribution in [0.1, 0.15) is 0 Å². The summed E-state index contributed by atoms with van der Waals surface area (Å²) in [5.41, 5.74) is 1.44. The average Bonchev–Trinajstić information content (AvgIpc) is 1.89. The largest absolute Gasteiger partial charge is 0.464 e. The van der Waals surface area contributed by atoms with E-state index in [9.17, 15) is 0 Å². The van der Waals surface area contributed by atoms with Gasteiger partial charge in [-0.3, -0.25) is 5.43 Å². The molecule has 0 atom stereocenters. The van der Waals surface area contributed by atoms with Crippen molar-refractivity contribution in [2.24, 2.45) is 5.84 Å². The second-order valence-corrected chi connectivity index (χ2v) is 3.45. The Kier molecular flexibility index (Phi) is 27.5. The summed E-state index contributed by atoms with van der Waals surface area (Å²) in [4.78, 5) is 9.13. The van der Waals surface area contributed by atoms with Gasteiger partial charge >= 0.3 is 6.09 Å². The Hall–Kier alpha value is 0.553. The third-order valence-corrected chi connectivity index (χ3v) is 1.62. The molecule has 0 aliphatic carbocycles. The second-order valence-electron chi connectivity index (χ2n) is 0.783. The predicted molar refractivity (Wildman–Crippen MR) is 42.4 cm³/mol. The molecule has 58 valence electrons. The van der Waals surface area contributed by atoms with Crippen molar-refractivity contribution in [1.82, 2.24) is 5.43 Å². The van der Waals surface area contributed by atoms with Crippen molar-refractivity contribution in [3.8, 4) is 0 Å². The molecule has 0 aromatic heterocycles. The molecule has 1 amide bonds. The van der Waals surface area contributed by atoms with Gasteiger partial charge in [-0.1, -0.05) is 21.6 Å². The number of rotatable bonds is 1. The Morgan fingerprint density at radius 2 is 1.70 bits per heavy atom. The van der Waals surface area contributed by atoms with Gasteiger partial charge in [-0.05, 0) is 12.5 Å². The maximum Gasteiger partial charge on any atom is 0.418 e. The van der Waals surface area contributed by atoms with Gasteiger partial charge in [0.1, 0.15) is 0 Å². The van der Waals surface area contributed by atoms with Gasteiger partial charge in [-0.2, -0.15) is 0 Å². The van der Waals surface area contributed by atoms with E-state index in [1.54, 1.807) is 21.6 Å². The minimum Gasteiger partial charge on any atom is -0.464 e. The molecule has 0 spiro atoms. The molecular weight excluding hydrogens is 226 g/mol. The van der Waals surface area contributed by atoms with Crippen LogP contribution in [0.2, 0.25) is 0 Å². The van der Waals surface area contributed by atoms with Gasteiger partial charge in [-0.25, -0.2) is 10.6 Å². The van der Waals surface area contributed by atoms with Gasteiger partial charge in [0.05, 0.1) is 0 Å². The van der Waals surface area contributed by atoms with Crippen LogP contribution in [-0.4, -0.2) is 23.7 Å². The number of nitrogens with two attached hydrogens (primary N) is 1. The predicted octanol–water partition coefficient (Wildman–Crippen LogP) is 0.753. The van der Waals surface area contributed by atoms with E-state index in [4.69, 9.17) is 9.90 Å². The third-order valence-electron chi connectivity index (χ3n) is 0.290. The van der Waals surface area contributed by atoms with Crippen molar-refractivity contribution in [3.05, 3.63) is 0 Å². The zero-order valence-corrected chi connectivity index (χ0v) is 10.6. The monoisotopic (exact) mass is 234 g/mol. The first-order valence-electron chi connectivity index (χ1n) is 1.95. The summed E-state index contributed by atoms with van der Waals surface area (Å²) in [6.45, 7) is 0. The molecule has 4 N–H and O–H groups in total. The normalized spacial score (nSPS) is 6.30. The quantitative estimate of drug-likeness (QED) is 0.206. The van der Waals surface area contributed by atoms with Crippen LogP contribution in [0.5, 0.6) is 0 Å². The number of amides is 1. The molecule has 10 heavy (non-hydrogen) atoms. The Morgan fingerprint density at radius 1 is 1.50 bits per heavy atom. The number of hydrogen-bond acceptors (Lipinski definition) is 4. The topological polar surface area (TPSA) is 75.3 Å². The molecule has 0 aromatic rings. The van der Waals surface area contributed by atoms with E-state index in [1.807, 2.05) is 0 Å². The van der Waals surface area contributed by atoms with Crippen molar-refractivity contribution in [1.29, 1.82) is 0 Å². The number of hydrogen-bond donors (Lipinski definition) is 3. The molecule has 0 saturated carbocycles. The summed E-state index contributed by atoms with van der Waals surface area (Å²) in [5, 5.41) is 7.49. The summed E-state index contributed by atoms with van der Waals surface area (Å²) in [6.07, 6.45) is 2.90. The minimum absolute atomic E-state index is 0. The van der Waals surface area contributed by atoms with Crippen molar-refractivity contribution >= 4 is 27.7 Å². The number of nitrogens with one attached hydrogen (secondary N) is 1. The first-order valence-corrected chi connectivity index (χ1v) is 4.92. The first-order chi connectivity index (χ1) is 4.18. The number of hydrazine groups is 1. The van der Waals surface area contributed by atoms with Crippen LogP contribution in [0.4, 0.5) is 4.79 Å². The fraction of sp³-hybridized carbons (Fsp3) is 0.667. The van der Waals surface area contributed by atoms with Crippen LogP contribution in [0.3, 0.4) is 0 Å². The Balaban J connectivity index is -0.0000000910. The summed E-state index contributed by atoms with van der Waals surface area (Å²) < 4.78 is 0. The Morgan fingerprint density at radius 3 is 1.70 bits per heavy atom. The first kappa shape index (κ1) is 16.9. The molecule has 0 unspecified atom stereocenters. The standard InChI is InChI=1S/C2H6S2.CH4N2O2.Zn/c1-3-4-2;2-3-1(4)5;/h1-2H3;3H,2H2,(H,4,5);. The van der Waals surface area contributed by atoms with Gasteiger partial charge in [-0.15, -0.1) is 0 Å². The molecule has 0 aromatic carbocycles. The third kappa shape index (κ3) is 38.6. The van der Waals surface area contributed by atoms with Gasteiger partial charge in [0.15, 0.2) is 0 Å². The van der Waals surface area contributed by atoms with Gasteiger partial charge < -0.3 is 5.11 Å². The molecular formula is C3H10N2O2S2Zn. The van der Waals surface area contributed by atoms with Gasteiger partial charge in [0, 0.05) is 19.5 Å². The number of carboxylic acid groups (broad SMARTS) is 1. The van der Waals surface area contributed by atoms with E-state index in [1.165, 1.54) is 5.43 Å². The Bertz CT molecular complexity index is 73.5. The molecule has 7 heteroatoms. The van der Waals surface area contributed by atoms with Crippen LogP contribution < -0.4 is 11.3 Å². The van der Waals surface area contributed by atoms with E-state index in [2.05, 4.69) is 18.4 Å². The van der Waals surface area contributed by atoms with Crippen molar-refractivity contribution in [3.63, 3.8) is 0 Å². The summed E-state index contributed by atoms with van der Waals surface area (Å²) in [6, 6.07) is 0. The van der Waals surface area contributed by atoms with Crippen molar-refractivity contribution in [2.75, 3.05) is 12.5 Å². The SMILES string of the molecule is CSSC.NNC(=O)O.[Zn]. The van der Waals surface area contributed by atoms with E-state index in [0.29, 0.717) is 0 Å². The molecule has 0 fully saturated rings. The maximum absolute atomic E-state index is 9.13. The van der Waals surface area contributed by atoms with Crippen LogP contribution in [0.25, 0.3) is 0 Å². The van der Waals surface area contributed by atoms with Crippen LogP contribution in [0.15, 0.2) is 0 Å². The molecule has 0 aliphatic heterocycles. The molecule has 0 aliphatic rings. The van der Waals surface area contributed by atoms with E-state index < -0.39 is 6.09 Å². The summed E-state index contributed by atoms with van der Waals surface area (Å²) in [5.74, 6) is 4.32. The Labute approximate surface area is 80.8 Å². The number of carbonyl (C=O) groups is 1. The molecule has 0 rings (SSSR count). The fourth-order valence-electron chi connectivity index (χ4n) is 0. The molecule has 4 nitrogen and oxygen atoms in total. The zero-order valence-electron chi connectivity index (χ0n) is 5.96. The van der Waals surface area contributed by atoms with E-state index in [0.717, 1.165) is 0 Å². The van der Waals surface area contributed by atoms with Crippen LogP contribution in [-0.2, 0) is 19.5 Å². The van der Waals surface area contributed by atoms with Crippen LogP contribution in [0, 0.1) is 0 Å². The van der Waals surface area contributed by atoms with Crippen molar-refractivity contribution < 1.29 is 29.4 Å². The van der Waals surface area contributed by atoms with E-state index >= 15 is 0 Å². The average molecular weight is 236 g/mol. The molecule has 0 radical (unpaired) electrons. The molecule has 0 bridgehead atoms. The minimum atomic E-state index is -1.22. The second kappa shape index (κ2) is 16.3. The van der Waals surface area contributed by atoms with Crippen LogP contribution >= 0.6 is 21.6 Å².